The molecule has 2 aromatic carbocycles. The van der Waals surface area contributed by atoms with E-state index in [0.717, 1.165) is 28.8 Å². The maximum Gasteiger partial charge on any atom is 0.416 e. The van der Waals surface area contributed by atoms with Gasteiger partial charge in [0.05, 0.1) is 5.56 Å². The summed E-state index contributed by atoms with van der Waals surface area (Å²) in [5, 5.41) is 0. The number of halogens is 3. The molecule has 148 valence electrons. The van der Waals surface area contributed by atoms with Crippen LogP contribution in [0, 0.1) is 6.92 Å². The van der Waals surface area contributed by atoms with Crippen LogP contribution in [0.25, 0.3) is 11.1 Å². The van der Waals surface area contributed by atoms with Gasteiger partial charge in [-0.2, -0.15) is 13.2 Å². The van der Waals surface area contributed by atoms with E-state index in [1.807, 2.05) is 6.92 Å². The van der Waals surface area contributed by atoms with Gasteiger partial charge in [0, 0.05) is 35.8 Å². The number of hydrogen-bond donors (Lipinski definition) is 1. The Morgan fingerprint density at radius 3 is 2.52 bits per heavy atom. The Kier molecular flexibility index (Phi) is 4.49. The second kappa shape index (κ2) is 6.88. The number of carbonyl (C=O) groups is 1. The molecule has 1 aliphatic rings. The number of nitrogen functional groups attached to an aromatic ring is 1. The van der Waals surface area contributed by atoms with Crippen LogP contribution in [-0.2, 0) is 12.6 Å². The number of rotatable bonds is 2. The van der Waals surface area contributed by atoms with Crippen LogP contribution in [-0.4, -0.2) is 22.4 Å². The number of nitrogens with two attached hydrogens (primary N) is 1. The standard InChI is InChI=1S/C21H17F3N4O/c1-12-2-3-14(8-17(12)15-10-26-20(25)27-11-15)19(29)28-7-6-13-4-5-16(9-18(13)28)21(22,23)24/h2-5,8-11H,6-7H2,1H3,(H2,25,26,27). The molecule has 8 heteroatoms. The molecule has 1 amide bonds. The summed E-state index contributed by atoms with van der Waals surface area (Å²) in [6, 6.07) is 8.71. The molecule has 0 atom stereocenters. The molecule has 0 aliphatic carbocycles. The van der Waals surface area contributed by atoms with Crippen molar-refractivity contribution in [2.75, 3.05) is 17.2 Å². The van der Waals surface area contributed by atoms with Crippen molar-refractivity contribution in [1.29, 1.82) is 0 Å². The van der Waals surface area contributed by atoms with E-state index in [0.29, 0.717) is 29.8 Å². The molecule has 1 aromatic heterocycles. The highest BCUT2D eigenvalue weighted by molar-refractivity contribution is 6.08. The Balaban J connectivity index is 1.70. The molecule has 0 fully saturated rings. The van der Waals surface area contributed by atoms with Gasteiger partial charge >= 0.3 is 6.18 Å². The number of anilines is 2. The smallest absolute Gasteiger partial charge is 0.368 e. The van der Waals surface area contributed by atoms with Gasteiger partial charge in [0.1, 0.15) is 0 Å². The van der Waals surface area contributed by atoms with Crippen LogP contribution >= 0.6 is 0 Å². The zero-order chi connectivity index (χ0) is 20.8. The van der Waals surface area contributed by atoms with E-state index in [1.165, 1.54) is 11.0 Å². The molecule has 0 unspecified atom stereocenters. The van der Waals surface area contributed by atoms with E-state index in [1.54, 1.807) is 30.6 Å². The van der Waals surface area contributed by atoms with Crippen molar-refractivity contribution in [1.82, 2.24) is 9.97 Å². The number of alkyl halides is 3. The fourth-order valence-electron chi connectivity index (χ4n) is 3.47. The van der Waals surface area contributed by atoms with E-state index in [-0.39, 0.29) is 11.9 Å². The van der Waals surface area contributed by atoms with Crippen LogP contribution < -0.4 is 10.6 Å². The Labute approximate surface area is 165 Å². The number of amides is 1. The van der Waals surface area contributed by atoms with Crippen LogP contribution in [0.15, 0.2) is 48.8 Å². The van der Waals surface area contributed by atoms with E-state index in [9.17, 15) is 18.0 Å². The zero-order valence-electron chi connectivity index (χ0n) is 15.5. The molecule has 0 spiro atoms. The van der Waals surface area contributed by atoms with E-state index >= 15 is 0 Å². The maximum absolute atomic E-state index is 13.1. The van der Waals surface area contributed by atoms with Crippen LogP contribution in [0.4, 0.5) is 24.8 Å². The summed E-state index contributed by atoms with van der Waals surface area (Å²) in [5.74, 6) is -0.200. The molecule has 4 rings (SSSR count). The average molecular weight is 398 g/mol. The van der Waals surface area contributed by atoms with Crippen molar-refractivity contribution in [2.45, 2.75) is 19.5 Å². The second-order valence-electron chi connectivity index (χ2n) is 6.91. The number of carbonyl (C=O) groups excluding carboxylic acids is 1. The summed E-state index contributed by atoms with van der Waals surface area (Å²) in [6.45, 7) is 2.23. The molecular formula is C21H17F3N4O. The van der Waals surface area contributed by atoms with Gasteiger partial charge in [-0.3, -0.25) is 4.79 Å². The number of aromatic nitrogens is 2. The van der Waals surface area contributed by atoms with Crippen molar-refractivity contribution in [3.8, 4) is 11.1 Å². The Morgan fingerprint density at radius 2 is 1.83 bits per heavy atom. The predicted octanol–water partition coefficient (Wildman–Crippen LogP) is 4.26. The Hall–Kier alpha value is -3.42. The van der Waals surface area contributed by atoms with Gasteiger partial charge in [-0.25, -0.2) is 9.97 Å². The van der Waals surface area contributed by atoms with Crippen molar-refractivity contribution >= 4 is 17.5 Å². The van der Waals surface area contributed by atoms with Gasteiger partial charge in [-0.15, -0.1) is 0 Å². The monoisotopic (exact) mass is 398 g/mol. The summed E-state index contributed by atoms with van der Waals surface area (Å²) in [5.41, 5.74) is 8.56. The lowest BCUT2D eigenvalue weighted by Crippen LogP contribution is -2.29. The lowest BCUT2D eigenvalue weighted by Gasteiger charge is -2.19. The summed E-state index contributed by atoms with van der Waals surface area (Å²) in [6.07, 6.45) is -0.804. The largest absolute Gasteiger partial charge is 0.416 e. The average Bonchev–Trinajstić information content (AvgIpc) is 3.11. The third kappa shape index (κ3) is 3.53. The maximum atomic E-state index is 13.1. The first kappa shape index (κ1) is 18.9. The quantitative estimate of drug-likeness (QED) is 0.700. The van der Waals surface area contributed by atoms with Crippen molar-refractivity contribution < 1.29 is 18.0 Å². The first-order chi connectivity index (χ1) is 13.7. The second-order valence-corrected chi connectivity index (χ2v) is 6.91. The summed E-state index contributed by atoms with van der Waals surface area (Å²) in [4.78, 5) is 22.5. The topological polar surface area (TPSA) is 72.1 Å². The van der Waals surface area contributed by atoms with Crippen LogP contribution in [0.1, 0.15) is 27.0 Å². The van der Waals surface area contributed by atoms with Crippen molar-refractivity contribution in [3.63, 3.8) is 0 Å². The molecule has 29 heavy (non-hydrogen) atoms. The number of aryl methyl sites for hydroxylation is 1. The SMILES string of the molecule is Cc1ccc(C(=O)N2CCc3ccc(C(F)(F)F)cc32)cc1-c1cnc(N)nc1. The van der Waals surface area contributed by atoms with Gasteiger partial charge in [0.15, 0.2) is 0 Å². The van der Waals surface area contributed by atoms with Gasteiger partial charge in [0.25, 0.3) is 5.91 Å². The minimum atomic E-state index is -4.46. The fourth-order valence-corrected chi connectivity index (χ4v) is 3.47. The van der Waals surface area contributed by atoms with E-state index < -0.39 is 11.7 Å². The van der Waals surface area contributed by atoms with Crippen molar-refractivity contribution in [3.05, 3.63) is 71.0 Å². The minimum absolute atomic E-state index is 0.146. The molecular weight excluding hydrogens is 381 g/mol. The third-order valence-corrected chi connectivity index (χ3v) is 5.02. The lowest BCUT2D eigenvalue weighted by atomic mass is 9.99. The highest BCUT2D eigenvalue weighted by Crippen LogP contribution is 2.37. The molecule has 0 saturated carbocycles. The van der Waals surface area contributed by atoms with E-state index in [4.69, 9.17) is 5.73 Å². The first-order valence-corrected chi connectivity index (χ1v) is 8.94. The van der Waals surface area contributed by atoms with Crippen LogP contribution in [0.5, 0.6) is 0 Å². The molecule has 2 N–H and O–H groups in total. The fraction of sp³-hybridized carbons (Fsp3) is 0.190. The van der Waals surface area contributed by atoms with Gasteiger partial charge in [-0.1, -0.05) is 12.1 Å². The first-order valence-electron chi connectivity index (χ1n) is 8.94. The van der Waals surface area contributed by atoms with Gasteiger partial charge < -0.3 is 10.6 Å². The number of fused-ring (bicyclic) bond motifs is 1. The summed E-state index contributed by atoms with van der Waals surface area (Å²) in [7, 11) is 0. The highest BCUT2D eigenvalue weighted by atomic mass is 19.4. The minimum Gasteiger partial charge on any atom is -0.368 e. The predicted molar refractivity (Wildman–Crippen MR) is 103 cm³/mol. The molecule has 1 aliphatic heterocycles. The number of benzene rings is 2. The van der Waals surface area contributed by atoms with Crippen molar-refractivity contribution in [2.24, 2.45) is 0 Å². The molecule has 5 nitrogen and oxygen atoms in total. The molecule has 0 saturated heterocycles. The van der Waals surface area contributed by atoms with E-state index in [2.05, 4.69) is 9.97 Å². The van der Waals surface area contributed by atoms with Crippen LogP contribution in [0.3, 0.4) is 0 Å². The Bertz CT molecular complexity index is 1090. The van der Waals surface area contributed by atoms with Gasteiger partial charge in [0.2, 0.25) is 5.95 Å². The normalized spacial score (nSPS) is 13.4. The zero-order valence-corrected chi connectivity index (χ0v) is 15.5. The molecule has 0 bridgehead atoms. The molecule has 0 radical (unpaired) electrons. The lowest BCUT2D eigenvalue weighted by molar-refractivity contribution is -0.137. The summed E-state index contributed by atoms with van der Waals surface area (Å²) >= 11 is 0. The molecule has 3 aromatic rings. The summed E-state index contributed by atoms with van der Waals surface area (Å²) < 4.78 is 39.3. The highest BCUT2D eigenvalue weighted by Gasteiger charge is 2.34. The Morgan fingerprint density at radius 1 is 1.10 bits per heavy atom. The third-order valence-electron chi connectivity index (χ3n) is 5.02. The van der Waals surface area contributed by atoms with Gasteiger partial charge in [-0.05, 0) is 54.3 Å². The molecule has 2 heterocycles. The van der Waals surface area contributed by atoms with Crippen LogP contribution in [0.2, 0.25) is 0 Å². The number of nitrogens with zero attached hydrogens (tertiary/aromatic N) is 3. The number of hydrogen-bond acceptors (Lipinski definition) is 4.